The van der Waals surface area contributed by atoms with Gasteiger partial charge in [0.2, 0.25) is 11.8 Å². The van der Waals surface area contributed by atoms with Crippen molar-refractivity contribution in [3.8, 4) is 17.1 Å². The summed E-state index contributed by atoms with van der Waals surface area (Å²) in [5.41, 5.74) is 11.6. The van der Waals surface area contributed by atoms with Gasteiger partial charge in [-0.15, -0.1) is 0 Å². The number of fused-ring (bicyclic) bond motifs is 1. The van der Waals surface area contributed by atoms with Gasteiger partial charge in [-0.2, -0.15) is 0 Å². The number of likely N-dealkylation sites (tertiary alicyclic amines) is 1. The van der Waals surface area contributed by atoms with E-state index in [1.165, 1.54) is 19.2 Å². The summed E-state index contributed by atoms with van der Waals surface area (Å²) in [6, 6.07) is 9.22. The number of ether oxygens (including phenoxy) is 2. The maximum absolute atomic E-state index is 14.5. The summed E-state index contributed by atoms with van der Waals surface area (Å²) in [6.45, 7) is 3.69. The summed E-state index contributed by atoms with van der Waals surface area (Å²) in [4.78, 5) is 38.9. The predicted molar refractivity (Wildman–Crippen MR) is 153 cm³/mol. The second kappa shape index (κ2) is 12.7. The average Bonchev–Trinajstić information content (AvgIpc) is 2.97. The van der Waals surface area contributed by atoms with E-state index in [2.05, 4.69) is 20.4 Å². The number of amides is 1. The van der Waals surface area contributed by atoms with Gasteiger partial charge < -0.3 is 20.1 Å². The molecular formula is C29H36FN7O4. The second-order valence-electron chi connectivity index (χ2n) is 10.5. The van der Waals surface area contributed by atoms with Crippen molar-refractivity contribution in [2.24, 2.45) is 32.5 Å². The molecule has 3 unspecified atom stereocenters. The van der Waals surface area contributed by atoms with Crippen LogP contribution in [0.15, 0.2) is 51.4 Å². The van der Waals surface area contributed by atoms with Gasteiger partial charge in [0.05, 0.1) is 37.4 Å². The molecule has 1 fully saturated rings. The quantitative estimate of drug-likeness (QED) is 0.470. The molecule has 0 spiro atoms. The Kier molecular flexibility index (Phi) is 8.89. The lowest BCUT2D eigenvalue weighted by atomic mass is 9.82. The molecule has 0 bridgehead atoms. The van der Waals surface area contributed by atoms with E-state index in [0.29, 0.717) is 55.0 Å². The molecular weight excluding hydrogens is 529 g/mol. The van der Waals surface area contributed by atoms with Crippen molar-refractivity contribution < 1.29 is 23.5 Å². The van der Waals surface area contributed by atoms with Crippen LogP contribution in [0.25, 0.3) is 11.3 Å². The standard InChI is InChI=1S/C29H36FN7O4/c1-17-27-24(35-29(31)32-17)13-23(20-10-9-19(30)12-21(20)22-7-4-8-25(33-22)40-3)34-28(27)36-41-16-26(38)37-11-5-6-18(14-37)15-39-2/h4,7-10,12,18,23-24,27H,5-6,11,13-16H2,1-3H3,(H2,31,35)(H,34,36)/t18?,23?,24-,27?/m1/s1. The largest absolute Gasteiger partial charge is 0.481 e. The third-order valence-corrected chi connectivity index (χ3v) is 7.71. The van der Waals surface area contributed by atoms with Crippen LogP contribution in [0.2, 0.25) is 0 Å². The molecule has 2 aromatic rings. The molecule has 3 aliphatic rings. The molecule has 0 saturated carbocycles. The highest BCUT2D eigenvalue weighted by Gasteiger charge is 2.39. The summed E-state index contributed by atoms with van der Waals surface area (Å²) in [5, 5.41) is 0. The Morgan fingerprint density at radius 1 is 1.22 bits per heavy atom. The first-order valence-electron chi connectivity index (χ1n) is 13.8. The molecule has 4 atom stereocenters. The summed E-state index contributed by atoms with van der Waals surface area (Å²) in [5.74, 6) is 0.634. The Labute approximate surface area is 238 Å². The van der Waals surface area contributed by atoms with Crippen LogP contribution in [0.4, 0.5) is 4.39 Å². The summed E-state index contributed by atoms with van der Waals surface area (Å²) in [6.07, 6.45) is 2.49. The van der Waals surface area contributed by atoms with E-state index in [4.69, 9.17) is 25.0 Å². The molecule has 4 heterocycles. The van der Waals surface area contributed by atoms with E-state index in [-0.39, 0.29) is 36.3 Å². The normalized spacial score (nSPS) is 24.1. The molecule has 0 radical (unpaired) electrons. The summed E-state index contributed by atoms with van der Waals surface area (Å²) < 4.78 is 25.0. The number of nitrogens with two attached hydrogens (primary N) is 1. The Balaban J connectivity index is 1.39. The maximum atomic E-state index is 14.5. The molecule has 12 heteroatoms. The first-order valence-corrected chi connectivity index (χ1v) is 13.8. The highest BCUT2D eigenvalue weighted by Crippen LogP contribution is 2.39. The number of amidine groups is 1. The lowest BCUT2D eigenvalue weighted by molar-refractivity contribution is -0.139. The van der Waals surface area contributed by atoms with Gasteiger partial charge in [-0.25, -0.2) is 19.4 Å². The minimum atomic E-state index is -0.416. The number of hydroxylamine groups is 1. The number of hydrogen-bond donors (Lipinski definition) is 2. The van der Waals surface area contributed by atoms with Crippen LogP contribution in [0.1, 0.15) is 37.8 Å². The lowest BCUT2D eigenvalue weighted by Gasteiger charge is -2.36. The molecule has 1 saturated heterocycles. The minimum absolute atomic E-state index is 0.107. The number of nitrogens with one attached hydrogen (secondary N) is 1. The zero-order valence-corrected chi connectivity index (χ0v) is 23.5. The summed E-state index contributed by atoms with van der Waals surface area (Å²) in [7, 11) is 3.21. The Hall–Kier alpha value is -3.90. The first kappa shape index (κ1) is 28.6. The fraction of sp³-hybridized carbons (Fsp3) is 0.483. The number of aromatic nitrogens is 1. The summed E-state index contributed by atoms with van der Waals surface area (Å²) >= 11 is 0. The first-order chi connectivity index (χ1) is 19.9. The molecule has 1 amide bonds. The smallest absolute Gasteiger partial charge is 0.251 e. The Morgan fingerprint density at radius 2 is 2.07 bits per heavy atom. The molecule has 0 aliphatic carbocycles. The zero-order chi connectivity index (χ0) is 28.9. The van der Waals surface area contributed by atoms with Gasteiger partial charge in [-0.3, -0.25) is 20.1 Å². The fourth-order valence-electron chi connectivity index (χ4n) is 5.83. The molecule has 3 N–H and O–H groups in total. The number of carbonyl (C=O) groups is 1. The Bertz CT molecular complexity index is 1360. The van der Waals surface area contributed by atoms with Crippen molar-refractivity contribution in [3.63, 3.8) is 0 Å². The maximum Gasteiger partial charge on any atom is 0.251 e. The molecule has 11 nitrogen and oxygen atoms in total. The van der Waals surface area contributed by atoms with Crippen LogP contribution in [0.3, 0.4) is 0 Å². The number of guanidine groups is 1. The molecule has 41 heavy (non-hydrogen) atoms. The number of aliphatic imine (C=N–C) groups is 3. The number of nitrogens with zero attached hydrogens (tertiary/aromatic N) is 5. The van der Waals surface area contributed by atoms with E-state index in [9.17, 15) is 9.18 Å². The molecule has 1 aromatic carbocycles. The number of methoxy groups -OCH3 is 2. The number of benzene rings is 1. The Morgan fingerprint density at radius 3 is 2.88 bits per heavy atom. The van der Waals surface area contributed by atoms with Gasteiger partial charge in [-0.05, 0) is 55.9 Å². The van der Waals surface area contributed by atoms with Crippen LogP contribution >= 0.6 is 0 Å². The van der Waals surface area contributed by atoms with Gasteiger partial charge in [0.25, 0.3) is 5.91 Å². The molecule has 5 rings (SSSR count). The molecule has 1 aromatic heterocycles. The van der Waals surface area contributed by atoms with E-state index < -0.39 is 6.04 Å². The van der Waals surface area contributed by atoms with Crippen LogP contribution in [0, 0.1) is 17.7 Å². The van der Waals surface area contributed by atoms with Crippen molar-refractivity contribution in [1.29, 1.82) is 0 Å². The minimum Gasteiger partial charge on any atom is -0.481 e. The number of hydrogen-bond acceptors (Lipinski definition) is 10. The number of rotatable bonds is 8. The highest BCUT2D eigenvalue weighted by atomic mass is 19.1. The topological polar surface area (TPSA) is 136 Å². The van der Waals surface area contributed by atoms with Crippen molar-refractivity contribution in [1.82, 2.24) is 15.4 Å². The van der Waals surface area contributed by atoms with E-state index in [0.717, 1.165) is 24.1 Å². The number of pyridine rings is 1. The van der Waals surface area contributed by atoms with Crippen LogP contribution < -0.4 is 16.0 Å². The van der Waals surface area contributed by atoms with Crippen molar-refractivity contribution in [2.45, 2.75) is 38.3 Å². The fourth-order valence-corrected chi connectivity index (χ4v) is 5.83. The predicted octanol–water partition coefficient (Wildman–Crippen LogP) is 2.92. The van der Waals surface area contributed by atoms with Crippen molar-refractivity contribution in [3.05, 3.63) is 47.8 Å². The van der Waals surface area contributed by atoms with Gasteiger partial charge in [-0.1, -0.05) is 12.1 Å². The lowest BCUT2D eigenvalue weighted by Crippen LogP contribution is -2.48. The van der Waals surface area contributed by atoms with Crippen LogP contribution in [-0.2, 0) is 14.4 Å². The van der Waals surface area contributed by atoms with E-state index in [1.807, 2.05) is 11.8 Å². The van der Waals surface area contributed by atoms with Crippen LogP contribution in [-0.4, -0.2) is 79.9 Å². The average molecular weight is 566 g/mol. The molecule has 3 aliphatic heterocycles. The third-order valence-electron chi connectivity index (χ3n) is 7.71. The SMILES string of the molecule is COCC1CCCN(C(=O)CONC2=NC(c3ccc(F)cc3-c3cccc(OC)n3)C[C@H]3N=C(N)N=C(C)C23)C1. The number of halogens is 1. The monoisotopic (exact) mass is 565 g/mol. The van der Waals surface area contributed by atoms with Gasteiger partial charge >= 0.3 is 0 Å². The van der Waals surface area contributed by atoms with E-state index in [1.54, 1.807) is 31.4 Å². The second-order valence-corrected chi connectivity index (χ2v) is 10.5. The van der Waals surface area contributed by atoms with Gasteiger partial charge in [0.15, 0.2) is 6.61 Å². The van der Waals surface area contributed by atoms with E-state index >= 15 is 0 Å². The highest BCUT2D eigenvalue weighted by molar-refractivity contribution is 6.11. The van der Waals surface area contributed by atoms with Crippen LogP contribution in [0.5, 0.6) is 5.88 Å². The van der Waals surface area contributed by atoms with Crippen molar-refractivity contribution >= 4 is 23.4 Å². The zero-order valence-electron chi connectivity index (χ0n) is 23.5. The molecule has 218 valence electrons. The van der Waals surface area contributed by atoms with Crippen molar-refractivity contribution in [2.75, 3.05) is 40.5 Å². The van der Waals surface area contributed by atoms with Gasteiger partial charge in [0, 0.05) is 37.5 Å². The number of piperidine rings is 1. The third kappa shape index (κ3) is 6.54. The number of carbonyl (C=O) groups excluding carboxylic acids is 1. The van der Waals surface area contributed by atoms with Gasteiger partial charge in [0.1, 0.15) is 11.7 Å².